The second-order valence-corrected chi connectivity index (χ2v) is 5.04. The Morgan fingerprint density at radius 2 is 2.35 bits per heavy atom. The van der Waals surface area contributed by atoms with Gasteiger partial charge in [0.1, 0.15) is 16.9 Å². The van der Waals surface area contributed by atoms with Crippen LogP contribution in [0.3, 0.4) is 0 Å². The number of halogens is 1. The van der Waals surface area contributed by atoms with Gasteiger partial charge in [0.2, 0.25) is 0 Å². The van der Waals surface area contributed by atoms with Crippen LogP contribution >= 0.6 is 11.3 Å². The molecule has 0 bridgehead atoms. The minimum absolute atomic E-state index is 0.285. The maximum atomic E-state index is 13.3. The zero-order valence-corrected chi connectivity index (χ0v) is 9.58. The third-order valence-corrected chi connectivity index (χ3v) is 3.69. The van der Waals surface area contributed by atoms with E-state index in [1.54, 1.807) is 10.9 Å². The molecule has 88 valence electrons. The summed E-state index contributed by atoms with van der Waals surface area (Å²) in [4.78, 5) is 15.0. The van der Waals surface area contributed by atoms with Crippen molar-refractivity contribution >= 4 is 17.3 Å². The fourth-order valence-electron chi connectivity index (χ4n) is 1.68. The molecule has 0 aromatic carbocycles. The molecule has 0 unspecified atom stereocenters. The number of thiophene rings is 1. The van der Waals surface area contributed by atoms with E-state index in [0.717, 1.165) is 29.9 Å². The molecule has 2 aromatic rings. The molecule has 4 nitrogen and oxygen atoms in total. The van der Waals surface area contributed by atoms with Crippen molar-refractivity contribution < 1.29 is 14.3 Å². The molecule has 2 heterocycles. The lowest BCUT2D eigenvalue weighted by Crippen LogP contribution is -1.95. The van der Waals surface area contributed by atoms with Gasteiger partial charge >= 0.3 is 5.97 Å². The van der Waals surface area contributed by atoms with Crippen LogP contribution in [0.4, 0.5) is 4.39 Å². The van der Waals surface area contributed by atoms with Crippen LogP contribution in [-0.2, 0) is 0 Å². The van der Waals surface area contributed by atoms with Gasteiger partial charge in [-0.15, -0.1) is 0 Å². The number of hydrogen-bond acceptors (Lipinski definition) is 3. The van der Waals surface area contributed by atoms with Crippen LogP contribution in [-0.4, -0.2) is 20.6 Å². The lowest BCUT2D eigenvalue weighted by molar-refractivity contribution is 0.0693. The van der Waals surface area contributed by atoms with Gasteiger partial charge in [-0.3, -0.25) is 4.57 Å². The van der Waals surface area contributed by atoms with Crippen LogP contribution in [0.15, 0.2) is 18.6 Å². The van der Waals surface area contributed by atoms with E-state index in [4.69, 9.17) is 5.11 Å². The predicted molar refractivity (Wildman–Crippen MR) is 60.3 cm³/mol. The van der Waals surface area contributed by atoms with Gasteiger partial charge < -0.3 is 5.11 Å². The van der Waals surface area contributed by atoms with Crippen molar-refractivity contribution in [2.24, 2.45) is 0 Å². The molecule has 0 radical (unpaired) electrons. The molecule has 0 spiro atoms. The smallest absolute Gasteiger partial charge is 0.339 e. The summed E-state index contributed by atoms with van der Waals surface area (Å²) in [6, 6.07) is 1.33. The van der Waals surface area contributed by atoms with Gasteiger partial charge in [-0.25, -0.2) is 9.78 Å². The van der Waals surface area contributed by atoms with Crippen molar-refractivity contribution in [3.05, 3.63) is 35.0 Å². The van der Waals surface area contributed by atoms with E-state index in [2.05, 4.69) is 4.98 Å². The predicted octanol–water partition coefficient (Wildman–Crippen LogP) is 2.65. The Bertz CT molecular complexity index is 586. The second kappa shape index (κ2) is 3.66. The summed E-state index contributed by atoms with van der Waals surface area (Å²) in [6.07, 6.45) is 5.74. The van der Waals surface area contributed by atoms with E-state index in [-0.39, 0.29) is 5.56 Å². The van der Waals surface area contributed by atoms with Crippen LogP contribution in [0.1, 0.15) is 34.8 Å². The SMILES string of the molecule is O=C(O)c1cc(-n2cnc(C3CC3)c2)sc1F. The van der Waals surface area contributed by atoms with Crippen LogP contribution in [0, 0.1) is 5.13 Å². The van der Waals surface area contributed by atoms with E-state index in [1.165, 1.54) is 6.07 Å². The number of carboxylic acid groups (broad SMARTS) is 1. The number of carboxylic acids is 1. The van der Waals surface area contributed by atoms with Gasteiger partial charge in [0, 0.05) is 12.1 Å². The molecular formula is C11H9FN2O2S. The highest BCUT2D eigenvalue weighted by molar-refractivity contribution is 7.13. The van der Waals surface area contributed by atoms with E-state index < -0.39 is 11.1 Å². The summed E-state index contributed by atoms with van der Waals surface area (Å²) in [5, 5.41) is 8.64. The van der Waals surface area contributed by atoms with Crippen molar-refractivity contribution in [2.45, 2.75) is 18.8 Å². The molecule has 0 amide bonds. The molecule has 1 aliphatic carbocycles. The third-order valence-electron chi connectivity index (χ3n) is 2.76. The Labute approximate surface area is 100 Å². The van der Waals surface area contributed by atoms with Gasteiger partial charge in [-0.05, 0) is 18.9 Å². The number of imidazole rings is 1. The molecule has 6 heteroatoms. The molecule has 1 fully saturated rings. The first-order valence-corrected chi connectivity index (χ1v) is 6.03. The summed E-state index contributed by atoms with van der Waals surface area (Å²) in [5.41, 5.74) is 0.711. The first kappa shape index (κ1) is 10.5. The van der Waals surface area contributed by atoms with Crippen molar-refractivity contribution in [1.29, 1.82) is 0 Å². The third kappa shape index (κ3) is 1.84. The number of aromatic carboxylic acids is 1. The van der Waals surface area contributed by atoms with Crippen molar-refractivity contribution in [1.82, 2.24) is 9.55 Å². The maximum absolute atomic E-state index is 13.3. The molecule has 0 aliphatic heterocycles. The molecule has 2 aromatic heterocycles. The molecular weight excluding hydrogens is 243 g/mol. The summed E-state index contributed by atoms with van der Waals surface area (Å²) in [6.45, 7) is 0. The van der Waals surface area contributed by atoms with E-state index in [1.807, 2.05) is 6.20 Å². The van der Waals surface area contributed by atoms with Crippen molar-refractivity contribution in [3.63, 3.8) is 0 Å². The van der Waals surface area contributed by atoms with E-state index in [9.17, 15) is 9.18 Å². The largest absolute Gasteiger partial charge is 0.478 e. The van der Waals surface area contributed by atoms with Crippen LogP contribution in [0.2, 0.25) is 0 Å². The maximum Gasteiger partial charge on any atom is 0.339 e. The Kier molecular flexibility index (Phi) is 2.25. The quantitative estimate of drug-likeness (QED) is 0.913. The Hall–Kier alpha value is -1.69. The molecule has 1 saturated carbocycles. The number of rotatable bonds is 3. The van der Waals surface area contributed by atoms with Gasteiger partial charge in [0.25, 0.3) is 0 Å². The monoisotopic (exact) mass is 252 g/mol. The summed E-state index contributed by atoms with van der Waals surface area (Å²) >= 11 is 0.817. The highest BCUT2D eigenvalue weighted by atomic mass is 32.1. The first-order chi connectivity index (χ1) is 8.15. The van der Waals surface area contributed by atoms with Crippen molar-refractivity contribution in [2.75, 3.05) is 0 Å². The molecule has 1 aliphatic rings. The normalized spacial score (nSPS) is 15.1. The van der Waals surface area contributed by atoms with Gasteiger partial charge in [0.15, 0.2) is 5.13 Å². The second-order valence-electron chi connectivity index (χ2n) is 4.06. The molecule has 3 rings (SSSR count). The molecule has 17 heavy (non-hydrogen) atoms. The van der Waals surface area contributed by atoms with E-state index >= 15 is 0 Å². The zero-order chi connectivity index (χ0) is 12.0. The Morgan fingerprint density at radius 1 is 1.59 bits per heavy atom. The lowest BCUT2D eigenvalue weighted by atomic mass is 10.3. The number of hydrogen-bond donors (Lipinski definition) is 1. The van der Waals surface area contributed by atoms with Gasteiger partial charge in [0.05, 0.1) is 5.69 Å². The molecule has 1 N–H and O–H groups in total. The Balaban J connectivity index is 1.96. The number of nitrogens with zero attached hydrogens (tertiary/aromatic N) is 2. The van der Waals surface area contributed by atoms with Gasteiger partial charge in [-0.1, -0.05) is 11.3 Å². The van der Waals surface area contributed by atoms with Gasteiger partial charge in [-0.2, -0.15) is 4.39 Å². The van der Waals surface area contributed by atoms with E-state index in [0.29, 0.717) is 10.9 Å². The molecule has 0 saturated heterocycles. The standard InChI is InChI=1S/C11H9FN2O2S/c12-10-7(11(15)16)3-9(17-10)14-4-8(13-5-14)6-1-2-6/h3-6H,1-2H2,(H,15,16). The summed E-state index contributed by atoms with van der Waals surface area (Å²) < 4.78 is 15.0. The number of carbonyl (C=O) groups is 1. The average molecular weight is 252 g/mol. The first-order valence-electron chi connectivity index (χ1n) is 5.22. The fraction of sp³-hybridized carbons (Fsp3) is 0.273. The highest BCUT2D eigenvalue weighted by Gasteiger charge is 2.26. The Morgan fingerprint density at radius 3 is 2.94 bits per heavy atom. The van der Waals surface area contributed by atoms with Crippen LogP contribution in [0.5, 0.6) is 0 Å². The highest BCUT2D eigenvalue weighted by Crippen LogP contribution is 2.39. The van der Waals surface area contributed by atoms with Crippen molar-refractivity contribution in [3.8, 4) is 5.00 Å². The minimum Gasteiger partial charge on any atom is -0.478 e. The summed E-state index contributed by atoms with van der Waals surface area (Å²) in [5.74, 6) is -0.715. The fourth-order valence-corrected chi connectivity index (χ4v) is 2.50. The summed E-state index contributed by atoms with van der Waals surface area (Å²) in [7, 11) is 0. The minimum atomic E-state index is -1.24. The topological polar surface area (TPSA) is 55.1 Å². The van der Waals surface area contributed by atoms with Crippen LogP contribution < -0.4 is 0 Å². The average Bonchev–Trinajstić information content (AvgIpc) is 2.88. The zero-order valence-electron chi connectivity index (χ0n) is 8.76. The number of aromatic nitrogens is 2. The lowest BCUT2D eigenvalue weighted by Gasteiger charge is -1.93. The van der Waals surface area contributed by atoms with Crippen LogP contribution in [0.25, 0.3) is 5.00 Å². The molecule has 0 atom stereocenters.